The highest BCUT2D eigenvalue weighted by Crippen LogP contribution is 2.41. The first-order valence-electron chi connectivity index (χ1n) is 14.2. The van der Waals surface area contributed by atoms with Gasteiger partial charge in [0.2, 0.25) is 0 Å². The number of rotatable bonds is 10. The summed E-state index contributed by atoms with van der Waals surface area (Å²) < 4.78 is 0. The molecule has 0 spiro atoms. The zero-order chi connectivity index (χ0) is 28.5. The van der Waals surface area contributed by atoms with E-state index in [1.165, 1.54) is 24.5 Å². The van der Waals surface area contributed by atoms with Gasteiger partial charge in [-0.2, -0.15) is 0 Å². The summed E-state index contributed by atoms with van der Waals surface area (Å²) in [4.78, 5) is 34.2. The molecule has 6 rings (SSSR count). The third-order valence-electron chi connectivity index (χ3n) is 7.99. The second-order valence-corrected chi connectivity index (χ2v) is 11.4. The maximum Gasteiger partial charge on any atom is 0.336 e. The summed E-state index contributed by atoms with van der Waals surface area (Å²) in [5.41, 5.74) is 6.55. The van der Waals surface area contributed by atoms with Gasteiger partial charge in [0, 0.05) is 22.6 Å². The lowest BCUT2D eigenvalue weighted by Gasteiger charge is -2.17. The molecule has 4 aromatic carbocycles. The van der Waals surface area contributed by atoms with Gasteiger partial charge in [0.15, 0.2) is 5.78 Å². The molecule has 0 bridgehead atoms. The molecule has 1 saturated carbocycles. The highest BCUT2D eigenvalue weighted by molar-refractivity contribution is 6.31. The number of carboxylic acids is 1. The molecular weight excluding hydrogens is 532 g/mol. The van der Waals surface area contributed by atoms with Crippen molar-refractivity contribution in [2.24, 2.45) is 0 Å². The first-order chi connectivity index (χ1) is 19.9. The predicted molar refractivity (Wildman–Crippen MR) is 164 cm³/mol. The summed E-state index contributed by atoms with van der Waals surface area (Å²) in [5, 5.41) is 10.7. The Hall–Kier alpha value is -4.22. The molecular formula is C35H31ClN2O3. The average Bonchev–Trinajstić information content (AvgIpc) is 3.75. The molecule has 206 valence electrons. The van der Waals surface area contributed by atoms with Gasteiger partial charge in [0.25, 0.3) is 0 Å². The second kappa shape index (κ2) is 11.3. The van der Waals surface area contributed by atoms with E-state index in [2.05, 4.69) is 24.0 Å². The van der Waals surface area contributed by atoms with Crippen LogP contribution >= 0.6 is 11.6 Å². The normalized spacial score (nSPS) is 13.8. The number of aromatic nitrogens is 2. The van der Waals surface area contributed by atoms with Gasteiger partial charge >= 0.3 is 5.97 Å². The molecule has 1 aromatic heterocycles. The van der Waals surface area contributed by atoms with Gasteiger partial charge < -0.3 is 10.1 Å². The summed E-state index contributed by atoms with van der Waals surface area (Å²) >= 11 is 6.42. The van der Waals surface area contributed by atoms with E-state index in [0.29, 0.717) is 39.9 Å². The minimum absolute atomic E-state index is 0.0539. The van der Waals surface area contributed by atoms with Crippen LogP contribution in [0.15, 0.2) is 84.9 Å². The fourth-order valence-electron chi connectivity index (χ4n) is 5.70. The molecule has 6 heteroatoms. The smallest absolute Gasteiger partial charge is 0.336 e. The molecule has 0 saturated heterocycles. The van der Waals surface area contributed by atoms with E-state index in [1.807, 2.05) is 42.5 Å². The van der Waals surface area contributed by atoms with Crippen LogP contribution in [-0.4, -0.2) is 26.8 Å². The lowest BCUT2D eigenvalue weighted by atomic mass is 9.87. The van der Waals surface area contributed by atoms with Crippen LogP contribution in [0.3, 0.4) is 0 Å². The van der Waals surface area contributed by atoms with Crippen LogP contribution in [0.25, 0.3) is 33.5 Å². The van der Waals surface area contributed by atoms with E-state index < -0.39 is 5.97 Å². The molecule has 5 nitrogen and oxygen atoms in total. The summed E-state index contributed by atoms with van der Waals surface area (Å²) in [6.45, 7) is 2.11. The third-order valence-corrected chi connectivity index (χ3v) is 8.23. The Bertz CT molecular complexity index is 1750. The third kappa shape index (κ3) is 5.68. The Morgan fingerprint density at radius 3 is 2.46 bits per heavy atom. The molecule has 1 heterocycles. The number of aromatic carboxylic acids is 1. The van der Waals surface area contributed by atoms with Gasteiger partial charge in [-0.15, -0.1) is 0 Å². The van der Waals surface area contributed by atoms with Crippen molar-refractivity contribution in [2.45, 2.75) is 50.9 Å². The van der Waals surface area contributed by atoms with E-state index in [0.717, 1.165) is 35.0 Å². The van der Waals surface area contributed by atoms with Crippen molar-refractivity contribution in [3.8, 4) is 22.5 Å². The fourth-order valence-corrected chi connectivity index (χ4v) is 5.87. The van der Waals surface area contributed by atoms with Crippen LogP contribution in [0.4, 0.5) is 0 Å². The quantitative estimate of drug-likeness (QED) is 0.166. The zero-order valence-corrected chi connectivity index (χ0v) is 23.6. The largest absolute Gasteiger partial charge is 0.478 e. The minimum Gasteiger partial charge on any atom is -0.478 e. The number of ketones is 1. The summed E-state index contributed by atoms with van der Waals surface area (Å²) in [6.07, 6.45) is 4.59. The van der Waals surface area contributed by atoms with Gasteiger partial charge in [0.05, 0.1) is 16.6 Å². The van der Waals surface area contributed by atoms with Gasteiger partial charge in [-0.05, 0) is 89.8 Å². The van der Waals surface area contributed by atoms with Crippen molar-refractivity contribution in [1.29, 1.82) is 0 Å². The lowest BCUT2D eigenvalue weighted by molar-refractivity contribution is 0.0697. The molecule has 0 unspecified atom stereocenters. The molecule has 1 fully saturated rings. The highest BCUT2D eigenvalue weighted by atomic mass is 35.5. The number of hydrogen-bond acceptors (Lipinski definition) is 3. The summed E-state index contributed by atoms with van der Waals surface area (Å²) in [7, 11) is 0. The van der Waals surface area contributed by atoms with Gasteiger partial charge in [-0.3, -0.25) is 4.79 Å². The van der Waals surface area contributed by atoms with Crippen LogP contribution in [-0.2, 0) is 0 Å². The maximum absolute atomic E-state index is 13.4. The van der Waals surface area contributed by atoms with Crippen LogP contribution in [0.5, 0.6) is 0 Å². The number of halogens is 1. The Kier molecular flexibility index (Phi) is 7.46. The first-order valence-corrected chi connectivity index (χ1v) is 14.5. The zero-order valence-electron chi connectivity index (χ0n) is 22.9. The number of carbonyl (C=O) groups is 2. The lowest BCUT2D eigenvalue weighted by Crippen LogP contribution is -2.10. The van der Waals surface area contributed by atoms with Gasteiger partial charge in [-0.1, -0.05) is 73.5 Å². The molecule has 1 aliphatic rings. The van der Waals surface area contributed by atoms with E-state index in [1.54, 1.807) is 24.3 Å². The topological polar surface area (TPSA) is 83.0 Å². The van der Waals surface area contributed by atoms with Crippen molar-refractivity contribution in [1.82, 2.24) is 9.97 Å². The molecule has 41 heavy (non-hydrogen) atoms. The maximum atomic E-state index is 13.4. The number of nitrogens with zero attached hydrogens (tertiary/aromatic N) is 1. The monoisotopic (exact) mass is 562 g/mol. The Morgan fingerprint density at radius 1 is 0.951 bits per heavy atom. The van der Waals surface area contributed by atoms with Crippen molar-refractivity contribution >= 4 is 34.4 Å². The number of carbonyl (C=O) groups excluding carboxylic acids is 1. The van der Waals surface area contributed by atoms with Crippen LogP contribution in [0.1, 0.15) is 82.7 Å². The number of imidazole rings is 1. The molecule has 1 atom stereocenters. The van der Waals surface area contributed by atoms with E-state index >= 15 is 0 Å². The number of hydrogen-bond donors (Lipinski definition) is 2. The molecule has 0 radical (unpaired) electrons. The fraction of sp³-hybridized carbons (Fsp3) is 0.229. The Morgan fingerprint density at radius 2 is 1.73 bits per heavy atom. The van der Waals surface area contributed by atoms with Crippen LogP contribution in [0.2, 0.25) is 5.02 Å². The van der Waals surface area contributed by atoms with E-state index in [4.69, 9.17) is 16.6 Å². The summed E-state index contributed by atoms with van der Waals surface area (Å²) in [5.74, 6) is 0.168. The number of carboxylic acid groups (broad SMARTS) is 1. The predicted octanol–water partition coefficient (Wildman–Crippen LogP) is 9.28. The van der Waals surface area contributed by atoms with E-state index in [-0.39, 0.29) is 17.3 Å². The van der Waals surface area contributed by atoms with Crippen molar-refractivity contribution in [3.63, 3.8) is 0 Å². The van der Waals surface area contributed by atoms with Crippen LogP contribution in [0, 0.1) is 0 Å². The number of benzene rings is 4. The number of H-pyrrole nitrogens is 1. The SMILES string of the molecule is CCC[C@@H](CC(=O)c1ccc(-c2cc(Cl)ccc2-c2nc3ccc(C4CC4)cc3[nH]2)c(C(=O)O)c1)c1ccccc1. The standard InChI is InChI=1S/C35H31ClN2O3/c1-2-6-23(21-7-4-3-5-8-21)19-33(39)25-11-14-27(30(17-25)35(40)41)29-20-26(36)13-15-28(29)34-37-31-16-12-24(22-9-10-22)18-32(31)38-34/h3-5,7-8,11-18,20,22-23H,2,6,9-10,19H2,1H3,(H,37,38)(H,40,41)/t23-/m0/s1. The Labute approximate surface area is 244 Å². The van der Waals surface area contributed by atoms with Crippen molar-refractivity contribution in [3.05, 3.63) is 112 Å². The molecule has 0 aliphatic heterocycles. The molecule has 5 aromatic rings. The number of nitrogens with one attached hydrogen (secondary N) is 1. The van der Waals surface area contributed by atoms with Crippen molar-refractivity contribution < 1.29 is 14.7 Å². The van der Waals surface area contributed by atoms with Crippen LogP contribution < -0.4 is 0 Å². The van der Waals surface area contributed by atoms with Gasteiger partial charge in [-0.25, -0.2) is 9.78 Å². The molecule has 0 amide bonds. The van der Waals surface area contributed by atoms with Crippen molar-refractivity contribution in [2.75, 3.05) is 0 Å². The number of fused-ring (bicyclic) bond motifs is 1. The second-order valence-electron chi connectivity index (χ2n) is 10.9. The highest BCUT2D eigenvalue weighted by Gasteiger charge is 2.25. The number of aromatic amines is 1. The van der Waals surface area contributed by atoms with E-state index in [9.17, 15) is 14.7 Å². The number of Topliss-reactive ketones (excluding diaryl/α,β-unsaturated/α-hetero) is 1. The molecule has 1 aliphatic carbocycles. The first kappa shape index (κ1) is 27.0. The van der Waals surface area contributed by atoms with Gasteiger partial charge in [0.1, 0.15) is 5.82 Å². The average molecular weight is 563 g/mol. The minimum atomic E-state index is -1.10. The molecule has 2 N–H and O–H groups in total. The Balaban J connectivity index is 1.37. The summed E-state index contributed by atoms with van der Waals surface area (Å²) in [6, 6.07) is 26.7.